The van der Waals surface area contributed by atoms with E-state index in [0.717, 1.165) is 6.42 Å². The Kier molecular flexibility index (Phi) is 12.2. The van der Waals surface area contributed by atoms with Crippen LogP contribution in [0.5, 0.6) is 0 Å². The number of aliphatic hydroxyl groups excluding tert-OH is 3. The Morgan fingerprint density at radius 2 is 1.67 bits per heavy atom. The van der Waals surface area contributed by atoms with Gasteiger partial charge in [-0.1, -0.05) is 6.92 Å². The summed E-state index contributed by atoms with van der Waals surface area (Å²) in [4.78, 5) is 20.3. The number of aliphatic hydroxyl groups is 3. The molecule has 0 rings (SSSR count). The van der Waals surface area contributed by atoms with Crippen LogP contribution in [0.15, 0.2) is 0 Å². The smallest absolute Gasteiger partial charge is 0.310 e. The predicted molar refractivity (Wildman–Crippen MR) is 52.3 cm³/mol. The van der Waals surface area contributed by atoms with Gasteiger partial charge in [0.2, 0.25) is 0 Å². The van der Waals surface area contributed by atoms with Crippen LogP contribution >= 0.6 is 0 Å². The van der Waals surface area contributed by atoms with Gasteiger partial charge in [0, 0.05) is 6.42 Å². The van der Waals surface area contributed by atoms with Gasteiger partial charge in [-0.3, -0.25) is 9.59 Å². The second-order valence-electron chi connectivity index (χ2n) is 2.88. The molecule has 90 valence electrons. The number of carbonyl (C=O) groups is 2. The van der Waals surface area contributed by atoms with Crippen molar-refractivity contribution in [3.8, 4) is 0 Å². The van der Waals surface area contributed by atoms with Crippen LogP contribution in [-0.2, 0) is 9.59 Å². The second kappa shape index (κ2) is 11.1. The molecule has 0 fully saturated rings. The number of carboxylic acids is 1. The third kappa shape index (κ3) is 15.7. The summed E-state index contributed by atoms with van der Waals surface area (Å²) in [5, 5.41) is 32.1. The molecule has 6 heteroatoms. The lowest BCUT2D eigenvalue weighted by atomic mass is 10.2. The van der Waals surface area contributed by atoms with Crippen LogP contribution in [0.2, 0.25) is 0 Å². The number of carboxylic acid groups (broad SMARTS) is 1. The van der Waals surface area contributed by atoms with Gasteiger partial charge in [0.15, 0.2) is 0 Å². The largest absolute Gasteiger partial charge is 0.481 e. The summed E-state index contributed by atoms with van der Waals surface area (Å²) in [6.07, 6.45) is -0.170. The maximum absolute atomic E-state index is 10.5. The molecule has 15 heavy (non-hydrogen) atoms. The van der Waals surface area contributed by atoms with Gasteiger partial charge in [0.25, 0.3) is 0 Å². The first-order chi connectivity index (χ1) is 6.97. The Morgan fingerprint density at radius 1 is 1.20 bits per heavy atom. The van der Waals surface area contributed by atoms with E-state index >= 15 is 0 Å². The first-order valence-corrected chi connectivity index (χ1v) is 4.61. The summed E-state index contributed by atoms with van der Waals surface area (Å²) in [5.74, 6) is -1.22. The number of Topliss-reactive ketones (excluding diaryl/α,β-unsaturated/α-hetero) is 1. The summed E-state index contributed by atoms with van der Waals surface area (Å²) in [6, 6.07) is 0. The van der Waals surface area contributed by atoms with Gasteiger partial charge in [0.1, 0.15) is 18.3 Å². The molecule has 0 spiro atoms. The average Bonchev–Trinajstić information content (AvgIpc) is 2.16. The van der Waals surface area contributed by atoms with Gasteiger partial charge in [0.05, 0.1) is 13.2 Å². The van der Waals surface area contributed by atoms with Gasteiger partial charge in [-0.05, 0) is 6.42 Å². The van der Waals surface area contributed by atoms with Crippen molar-refractivity contribution in [3.63, 3.8) is 0 Å². The SMILES string of the molecule is CCCC(=O)CC(=O)O.OCC(O)CO. The van der Waals surface area contributed by atoms with Gasteiger partial charge < -0.3 is 20.4 Å². The minimum atomic E-state index is -1.03. The fourth-order valence-corrected chi connectivity index (χ4v) is 0.594. The lowest BCUT2D eigenvalue weighted by molar-refractivity contribution is -0.140. The fourth-order valence-electron chi connectivity index (χ4n) is 0.594. The Bertz CT molecular complexity index is 175. The first kappa shape index (κ1) is 16.4. The monoisotopic (exact) mass is 222 g/mol. The van der Waals surface area contributed by atoms with E-state index in [0.29, 0.717) is 6.42 Å². The van der Waals surface area contributed by atoms with E-state index in [1.165, 1.54) is 0 Å². The van der Waals surface area contributed by atoms with Crippen molar-refractivity contribution in [1.29, 1.82) is 0 Å². The molecule has 0 amide bonds. The summed E-state index contributed by atoms with van der Waals surface area (Å²) < 4.78 is 0. The molecular formula is C9H18O6. The number of rotatable bonds is 6. The highest BCUT2D eigenvalue weighted by molar-refractivity contribution is 5.94. The van der Waals surface area contributed by atoms with Crippen LogP contribution in [0.4, 0.5) is 0 Å². The van der Waals surface area contributed by atoms with Crippen LogP contribution < -0.4 is 0 Å². The molecule has 0 bridgehead atoms. The summed E-state index contributed by atoms with van der Waals surface area (Å²) in [5.41, 5.74) is 0. The van der Waals surface area contributed by atoms with E-state index in [1.54, 1.807) is 0 Å². The second-order valence-corrected chi connectivity index (χ2v) is 2.88. The van der Waals surface area contributed by atoms with Gasteiger partial charge in [-0.2, -0.15) is 0 Å². The van der Waals surface area contributed by atoms with Crippen molar-refractivity contribution in [3.05, 3.63) is 0 Å². The van der Waals surface area contributed by atoms with Gasteiger partial charge >= 0.3 is 5.97 Å². The van der Waals surface area contributed by atoms with E-state index in [4.69, 9.17) is 20.4 Å². The van der Waals surface area contributed by atoms with Crippen LogP contribution in [0.3, 0.4) is 0 Å². The van der Waals surface area contributed by atoms with Crippen molar-refractivity contribution in [1.82, 2.24) is 0 Å². The lowest BCUT2D eigenvalue weighted by Gasteiger charge is -1.96. The standard InChI is InChI=1S/C6H10O3.C3H8O3/c1-2-3-5(7)4-6(8)9;4-1-3(6)2-5/h2-4H2,1H3,(H,8,9);3-6H,1-2H2. The highest BCUT2D eigenvalue weighted by atomic mass is 16.4. The van der Waals surface area contributed by atoms with E-state index < -0.39 is 12.1 Å². The third-order valence-corrected chi connectivity index (χ3v) is 1.30. The van der Waals surface area contributed by atoms with Crippen molar-refractivity contribution in [2.24, 2.45) is 0 Å². The molecule has 0 aliphatic heterocycles. The molecule has 0 aliphatic rings. The van der Waals surface area contributed by atoms with Gasteiger partial charge in [-0.25, -0.2) is 0 Å². The molecule has 0 radical (unpaired) electrons. The molecule has 0 aromatic rings. The molecule has 0 aliphatic carbocycles. The zero-order valence-electron chi connectivity index (χ0n) is 8.72. The minimum Gasteiger partial charge on any atom is -0.481 e. The molecule has 0 aromatic carbocycles. The fraction of sp³-hybridized carbons (Fsp3) is 0.778. The maximum atomic E-state index is 10.5. The van der Waals surface area contributed by atoms with Crippen molar-refractivity contribution in [2.75, 3.05) is 13.2 Å². The van der Waals surface area contributed by atoms with Crippen molar-refractivity contribution < 1.29 is 30.0 Å². The number of carbonyl (C=O) groups excluding carboxylic acids is 1. The Hall–Kier alpha value is -0.980. The van der Waals surface area contributed by atoms with Crippen molar-refractivity contribution >= 4 is 11.8 Å². The number of aliphatic carboxylic acids is 1. The maximum Gasteiger partial charge on any atom is 0.310 e. The Labute approximate surface area is 88.2 Å². The minimum absolute atomic E-state index is 0.190. The Balaban J connectivity index is 0. The molecule has 0 heterocycles. The van der Waals surface area contributed by atoms with E-state index in [9.17, 15) is 9.59 Å². The predicted octanol–water partition coefficient (Wildman–Crippen LogP) is -0.838. The molecule has 0 aromatic heterocycles. The molecule has 0 atom stereocenters. The van der Waals surface area contributed by atoms with Crippen LogP contribution in [0.25, 0.3) is 0 Å². The van der Waals surface area contributed by atoms with E-state index in [-0.39, 0.29) is 25.4 Å². The third-order valence-electron chi connectivity index (χ3n) is 1.30. The van der Waals surface area contributed by atoms with Crippen molar-refractivity contribution in [2.45, 2.75) is 32.3 Å². The van der Waals surface area contributed by atoms with Crippen LogP contribution in [0, 0.1) is 0 Å². The quantitative estimate of drug-likeness (QED) is 0.436. The van der Waals surface area contributed by atoms with Gasteiger partial charge in [-0.15, -0.1) is 0 Å². The average molecular weight is 222 g/mol. The van der Waals surface area contributed by atoms with E-state index in [2.05, 4.69) is 0 Å². The number of ketones is 1. The topological polar surface area (TPSA) is 115 Å². The zero-order valence-corrected chi connectivity index (χ0v) is 8.72. The number of hydrogen-bond donors (Lipinski definition) is 4. The normalized spacial score (nSPS) is 9.40. The molecule has 4 N–H and O–H groups in total. The molecule has 0 saturated heterocycles. The van der Waals surface area contributed by atoms with Crippen LogP contribution in [0.1, 0.15) is 26.2 Å². The first-order valence-electron chi connectivity index (χ1n) is 4.61. The van der Waals surface area contributed by atoms with E-state index in [1.807, 2.05) is 6.92 Å². The summed E-state index contributed by atoms with van der Waals surface area (Å²) >= 11 is 0. The molecule has 6 nitrogen and oxygen atoms in total. The summed E-state index contributed by atoms with van der Waals surface area (Å²) in [6.45, 7) is 1.12. The molecule has 0 saturated carbocycles. The number of hydrogen-bond acceptors (Lipinski definition) is 5. The highest BCUT2D eigenvalue weighted by Gasteiger charge is 2.04. The van der Waals surface area contributed by atoms with Crippen LogP contribution in [-0.4, -0.2) is 51.5 Å². The highest BCUT2D eigenvalue weighted by Crippen LogP contribution is 1.92. The zero-order chi connectivity index (χ0) is 12.3. The molecule has 0 unspecified atom stereocenters. The summed E-state index contributed by atoms with van der Waals surface area (Å²) in [7, 11) is 0. The Morgan fingerprint density at radius 3 is 1.87 bits per heavy atom. The molecular weight excluding hydrogens is 204 g/mol. The lowest BCUT2D eigenvalue weighted by Crippen LogP contribution is -2.15.